The molecule has 1 heterocycles. The normalized spacial score (nSPS) is 16.6. The van der Waals surface area contributed by atoms with E-state index in [1.807, 2.05) is 43.5 Å². The molecule has 128 valence electrons. The molecule has 4 heteroatoms. The molecule has 0 atom stereocenters. The number of hydrogen-bond donors (Lipinski definition) is 1. The molecule has 1 aliphatic rings. The summed E-state index contributed by atoms with van der Waals surface area (Å²) >= 11 is 0. The van der Waals surface area contributed by atoms with E-state index < -0.39 is 5.41 Å². The number of nitrogens with one attached hydrogen (secondary N) is 1. The molecule has 0 unspecified atom stereocenters. The minimum Gasteiger partial charge on any atom is -0.497 e. The van der Waals surface area contributed by atoms with E-state index in [-0.39, 0.29) is 5.97 Å². The number of ether oxygens (including phenoxy) is 2. The predicted molar refractivity (Wildman–Crippen MR) is 94.2 cm³/mol. The smallest absolute Gasteiger partial charge is 0.318 e. The number of H-pyrrole nitrogens is 1. The van der Waals surface area contributed by atoms with Crippen LogP contribution in [-0.4, -0.2) is 24.7 Å². The van der Waals surface area contributed by atoms with Crippen molar-refractivity contribution < 1.29 is 14.3 Å². The Labute approximate surface area is 143 Å². The van der Waals surface area contributed by atoms with Crippen molar-refractivity contribution in [2.24, 2.45) is 0 Å². The van der Waals surface area contributed by atoms with Crippen LogP contribution in [0.1, 0.15) is 44.7 Å². The van der Waals surface area contributed by atoms with Crippen molar-refractivity contribution >= 4 is 5.97 Å². The number of carbonyl (C=O) groups is 1. The van der Waals surface area contributed by atoms with Gasteiger partial charge in [-0.15, -0.1) is 0 Å². The number of hydrogen-bond acceptors (Lipinski definition) is 3. The summed E-state index contributed by atoms with van der Waals surface area (Å²) in [6, 6.07) is 10.0. The molecule has 1 N–H and O–H groups in total. The van der Waals surface area contributed by atoms with Crippen LogP contribution in [-0.2, 0) is 14.9 Å². The van der Waals surface area contributed by atoms with E-state index in [1.165, 1.54) is 6.42 Å². The standard InChI is InChI=1S/C20H25NO3/c1-3-24-19(22)20(12-5-4-6-13-20)18-17(11-14-21-18)15-7-9-16(23-2)10-8-15/h7-11,14,21H,3-6,12-13H2,1-2H3. The fourth-order valence-corrected chi connectivity index (χ4v) is 3.76. The van der Waals surface area contributed by atoms with Gasteiger partial charge in [-0.1, -0.05) is 31.4 Å². The van der Waals surface area contributed by atoms with Crippen LogP contribution < -0.4 is 4.74 Å². The number of rotatable bonds is 5. The summed E-state index contributed by atoms with van der Waals surface area (Å²) in [5.74, 6) is 0.732. The molecule has 0 amide bonds. The SMILES string of the molecule is CCOC(=O)C1(c2[nH]ccc2-c2ccc(OC)cc2)CCCCC1. The second-order valence-corrected chi connectivity index (χ2v) is 6.36. The predicted octanol–water partition coefficient (Wildman–Crippen LogP) is 4.46. The fourth-order valence-electron chi connectivity index (χ4n) is 3.76. The minimum absolute atomic E-state index is 0.0955. The molecule has 1 aromatic heterocycles. The van der Waals surface area contributed by atoms with Crippen LogP contribution in [0.4, 0.5) is 0 Å². The highest BCUT2D eigenvalue weighted by Gasteiger charge is 2.44. The number of esters is 1. The van der Waals surface area contributed by atoms with E-state index in [1.54, 1.807) is 7.11 Å². The van der Waals surface area contributed by atoms with Gasteiger partial charge in [0.2, 0.25) is 0 Å². The molecule has 1 aliphatic carbocycles. The summed E-state index contributed by atoms with van der Waals surface area (Å²) in [5.41, 5.74) is 2.60. The first-order chi connectivity index (χ1) is 11.7. The van der Waals surface area contributed by atoms with Crippen LogP contribution in [0.2, 0.25) is 0 Å². The van der Waals surface area contributed by atoms with Crippen molar-refractivity contribution in [1.29, 1.82) is 0 Å². The van der Waals surface area contributed by atoms with Crippen LogP contribution in [0.5, 0.6) is 5.75 Å². The Morgan fingerprint density at radius 1 is 1.12 bits per heavy atom. The van der Waals surface area contributed by atoms with E-state index in [0.717, 1.165) is 48.3 Å². The van der Waals surface area contributed by atoms with Crippen LogP contribution >= 0.6 is 0 Å². The van der Waals surface area contributed by atoms with Gasteiger partial charge in [-0.05, 0) is 43.5 Å². The van der Waals surface area contributed by atoms with Crippen LogP contribution in [0, 0.1) is 0 Å². The van der Waals surface area contributed by atoms with Crippen LogP contribution in [0.25, 0.3) is 11.1 Å². The summed E-state index contributed by atoms with van der Waals surface area (Å²) in [6.07, 6.45) is 6.90. The molecular formula is C20H25NO3. The average molecular weight is 327 g/mol. The molecule has 2 aromatic rings. The lowest BCUT2D eigenvalue weighted by Crippen LogP contribution is -2.40. The number of aromatic nitrogens is 1. The number of methoxy groups -OCH3 is 1. The molecule has 1 aromatic carbocycles. The van der Waals surface area contributed by atoms with Gasteiger partial charge in [-0.25, -0.2) is 0 Å². The van der Waals surface area contributed by atoms with Gasteiger partial charge in [-0.3, -0.25) is 4.79 Å². The third kappa shape index (κ3) is 2.93. The van der Waals surface area contributed by atoms with E-state index in [0.29, 0.717) is 6.61 Å². The third-order valence-corrected chi connectivity index (χ3v) is 5.00. The molecule has 1 saturated carbocycles. The Kier molecular flexibility index (Phi) is 4.93. The maximum Gasteiger partial charge on any atom is 0.318 e. The van der Waals surface area contributed by atoms with E-state index >= 15 is 0 Å². The second kappa shape index (κ2) is 7.12. The summed E-state index contributed by atoms with van der Waals surface area (Å²) in [6.45, 7) is 2.28. The first-order valence-corrected chi connectivity index (χ1v) is 8.71. The zero-order chi connectivity index (χ0) is 17.0. The van der Waals surface area contributed by atoms with Gasteiger partial charge < -0.3 is 14.5 Å². The molecule has 0 aliphatic heterocycles. The molecule has 1 fully saturated rings. The van der Waals surface area contributed by atoms with E-state index in [4.69, 9.17) is 9.47 Å². The number of aromatic amines is 1. The van der Waals surface area contributed by atoms with Gasteiger partial charge in [0.15, 0.2) is 0 Å². The van der Waals surface area contributed by atoms with Gasteiger partial charge in [-0.2, -0.15) is 0 Å². The van der Waals surface area contributed by atoms with Gasteiger partial charge in [0, 0.05) is 17.5 Å². The first-order valence-electron chi connectivity index (χ1n) is 8.71. The number of carbonyl (C=O) groups excluding carboxylic acids is 1. The Bertz CT molecular complexity index is 681. The fraction of sp³-hybridized carbons (Fsp3) is 0.450. The highest BCUT2D eigenvalue weighted by molar-refractivity contribution is 5.86. The van der Waals surface area contributed by atoms with E-state index in [9.17, 15) is 4.79 Å². The Hall–Kier alpha value is -2.23. The lowest BCUT2D eigenvalue weighted by Gasteiger charge is -2.35. The summed E-state index contributed by atoms with van der Waals surface area (Å²) in [5, 5.41) is 0. The highest BCUT2D eigenvalue weighted by atomic mass is 16.5. The quantitative estimate of drug-likeness (QED) is 0.825. The largest absolute Gasteiger partial charge is 0.497 e. The maximum atomic E-state index is 12.8. The van der Waals surface area contributed by atoms with Gasteiger partial charge >= 0.3 is 5.97 Å². The second-order valence-electron chi connectivity index (χ2n) is 6.36. The van der Waals surface area contributed by atoms with Crippen molar-refractivity contribution in [3.05, 3.63) is 42.2 Å². The van der Waals surface area contributed by atoms with Crippen molar-refractivity contribution in [2.75, 3.05) is 13.7 Å². The molecule has 0 bridgehead atoms. The number of benzene rings is 1. The third-order valence-electron chi connectivity index (χ3n) is 5.00. The zero-order valence-electron chi connectivity index (χ0n) is 14.4. The summed E-state index contributed by atoms with van der Waals surface area (Å²) in [4.78, 5) is 16.2. The lowest BCUT2D eigenvalue weighted by molar-refractivity contribution is -0.151. The molecule has 24 heavy (non-hydrogen) atoms. The monoisotopic (exact) mass is 327 g/mol. The van der Waals surface area contributed by atoms with Crippen molar-refractivity contribution in [3.63, 3.8) is 0 Å². The Balaban J connectivity index is 2.03. The van der Waals surface area contributed by atoms with Crippen molar-refractivity contribution in [3.8, 4) is 16.9 Å². The van der Waals surface area contributed by atoms with E-state index in [2.05, 4.69) is 4.98 Å². The molecule has 0 saturated heterocycles. The summed E-state index contributed by atoms with van der Waals surface area (Å²) < 4.78 is 10.7. The molecular weight excluding hydrogens is 302 g/mol. The highest BCUT2D eigenvalue weighted by Crippen LogP contribution is 2.44. The lowest BCUT2D eigenvalue weighted by atomic mass is 9.70. The molecule has 0 spiro atoms. The van der Waals surface area contributed by atoms with Crippen LogP contribution in [0.3, 0.4) is 0 Å². The van der Waals surface area contributed by atoms with Crippen LogP contribution in [0.15, 0.2) is 36.5 Å². The summed E-state index contributed by atoms with van der Waals surface area (Å²) in [7, 11) is 1.66. The van der Waals surface area contributed by atoms with Gasteiger partial charge in [0.1, 0.15) is 11.2 Å². The Morgan fingerprint density at radius 3 is 2.46 bits per heavy atom. The topological polar surface area (TPSA) is 51.3 Å². The zero-order valence-corrected chi connectivity index (χ0v) is 14.4. The molecule has 4 nitrogen and oxygen atoms in total. The first kappa shape index (κ1) is 16.6. The minimum atomic E-state index is -0.549. The average Bonchev–Trinajstić information content (AvgIpc) is 3.13. The molecule has 0 radical (unpaired) electrons. The maximum absolute atomic E-state index is 12.8. The van der Waals surface area contributed by atoms with Gasteiger partial charge in [0.05, 0.1) is 13.7 Å². The molecule has 3 rings (SSSR count). The van der Waals surface area contributed by atoms with Crippen molar-refractivity contribution in [2.45, 2.75) is 44.4 Å². The van der Waals surface area contributed by atoms with Crippen molar-refractivity contribution in [1.82, 2.24) is 4.98 Å². The Morgan fingerprint density at radius 2 is 1.83 bits per heavy atom. The van der Waals surface area contributed by atoms with Gasteiger partial charge in [0.25, 0.3) is 0 Å².